The summed E-state index contributed by atoms with van der Waals surface area (Å²) in [5.74, 6) is -0.250. The van der Waals surface area contributed by atoms with Crippen LogP contribution in [-0.4, -0.2) is 25.2 Å². The van der Waals surface area contributed by atoms with Crippen molar-refractivity contribution in [2.24, 2.45) is 0 Å². The molecular formula is C36H26O6. The van der Waals surface area contributed by atoms with E-state index >= 15 is 0 Å². The number of hydrogen-bond acceptors (Lipinski definition) is 6. The summed E-state index contributed by atoms with van der Waals surface area (Å²) >= 11 is 0. The number of benzene rings is 6. The van der Waals surface area contributed by atoms with E-state index in [4.69, 9.17) is 18.9 Å². The van der Waals surface area contributed by atoms with Gasteiger partial charge in [0.15, 0.2) is 13.2 Å². The number of carbonyl (C=O) groups excluding carboxylic acids is 2. The van der Waals surface area contributed by atoms with E-state index in [-0.39, 0.29) is 13.2 Å². The van der Waals surface area contributed by atoms with Gasteiger partial charge in [-0.15, -0.1) is 0 Å². The molecule has 0 radical (unpaired) electrons. The average molecular weight is 555 g/mol. The molecule has 6 nitrogen and oxygen atoms in total. The van der Waals surface area contributed by atoms with E-state index in [0.29, 0.717) is 11.5 Å². The molecule has 0 saturated heterocycles. The Morgan fingerprint density at radius 1 is 0.500 bits per heavy atom. The Kier molecular flexibility index (Phi) is 7.26. The highest BCUT2D eigenvalue weighted by molar-refractivity contribution is 6.19. The van der Waals surface area contributed by atoms with Crippen molar-refractivity contribution in [1.82, 2.24) is 0 Å². The van der Waals surface area contributed by atoms with Crippen LogP contribution >= 0.6 is 0 Å². The van der Waals surface area contributed by atoms with Crippen molar-refractivity contribution >= 4 is 55.0 Å². The van der Waals surface area contributed by atoms with Crippen LogP contribution < -0.4 is 9.47 Å². The minimum absolute atomic E-state index is 0.326. The standard InChI is InChI=1S/C36H26O6/c1-3-39-33(37)21-41-31-19-17-27-25-11-7-5-9-23(25)13-15-29(27)35(31)36-30-16-14-24-10-6-8-12-26(24)28(30)18-20-32(36)42-22-34(38)40-4-2/h3-20H,1-2,21-22H2. The minimum Gasteiger partial charge on any atom is -0.481 e. The third-order valence-electron chi connectivity index (χ3n) is 7.15. The first-order valence-electron chi connectivity index (χ1n) is 13.3. The Hall–Kier alpha value is -5.62. The summed E-state index contributed by atoms with van der Waals surface area (Å²) in [6.45, 7) is 6.25. The van der Waals surface area contributed by atoms with E-state index in [1.165, 1.54) is 0 Å². The molecule has 0 amide bonds. The lowest BCUT2D eigenvalue weighted by Crippen LogP contribution is -2.14. The van der Waals surface area contributed by atoms with Gasteiger partial charge < -0.3 is 18.9 Å². The van der Waals surface area contributed by atoms with Gasteiger partial charge >= 0.3 is 11.9 Å². The molecule has 0 spiro atoms. The van der Waals surface area contributed by atoms with Crippen molar-refractivity contribution in [2.75, 3.05) is 13.2 Å². The van der Waals surface area contributed by atoms with Gasteiger partial charge in [0.05, 0.1) is 12.5 Å². The Labute approximate surface area is 242 Å². The average Bonchev–Trinajstić information content (AvgIpc) is 3.02. The summed E-state index contributed by atoms with van der Waals surface area (Å²) in [6.07, 6.45) is 2.15. The topological polar surface area (TPSA) is 71.1 Å². The molecule has 0 fully saturated rings. The number of esters is 2. The van der Waals surface area contributed by atoms with Crippen LogP contribution in [0.1, 0.15) is 0 Å². The van der Waals surface area contributed by atoms with Crippen LogP contribution in [0.4, 0.5) is 0 Å². The number of fused-ring (bicyclic) bond motifs is 6. The largest absolute Gasteiger partial charge is 0.481 e. The molecule has 0 aliphatic carbocycles. The quantitative estimate of drug-likeness (QED) is 0.102. The van der Waals surface area contributed by atoms with Crippen LogP contribution in [0.2, 0.25) is 0 Å². The third-order valence-corrected chi connectivity index (χ3v) is 7.15. The van der Waals surface area contributed by atoms with Gasteiger partial charge in [0.1, 0.15) is 11.5 Å². The maximum absolute atomic E-state index is 12.3. The molecule has 0 unspecified atom stereocenters. The summed E-state index contributed by atoms with van der Waals surface area (Å²) in [5.41, 5.74) is 1.44. The van der Waals surface area contributed by atoms with E-state index in [0.717, 1.165) is 66.7 Å². The molecule has 0 aliphatic rings. The zero-order chi connectivity index (χ0) is 29.1. The maximum Gasteiger partial charge on any atom is 0.348 e. The van der Waals surface area contributed by atoms with Crippen molar-refractivity contribution < 1.29 is 28.5 Å². The smallest absolute Gasteiger partial charge is 0.348 e. The van der Waals surface area contributed by atoms with Gasteiger partial charge in [-0.2, -0.15) is 0 Å². The van der Waals surface area contributed by atoms with Crippen LogP contribution in [0.3, 0.4) is 0 Å². The molecule has 6 aromatic rings. The second-order valence-electron chi connectivity index (χ2n) is 9.53. The van der Waals surface area contributed by atoms with Crippen LogP contribution in [0.5, 0.6) is 11.5 Å². The highest BCUT2D eigenvalue weighted by Gasteiger charge is 2.22. The van der Waals surface area contributed by atoms with E-state index in [1.54, 1.807) is 0 Å². The molecule has 0 N–H and O–H groups in total. The number of ether oxygens (including phenoxy) is 4. The van der Waals surface area contributed by atoms with Crippen LogP contribution in [-0.2, 0) is 19.1 Å². The Morgan fingerprint density at radius 2 is 0.905 bits per heavy atom. The van der Waals surface area contributed by atoms with Crippen molar-refractivity contribution in [3.05, 3.63) is 123 Å². The summed E-state index contributed by atoms with van der Waals surface area (Å²) in [6, 6.07) is 32.1. The first-order chi connectivity index (χ1) is 20.6. The lowest BCUT2D eigenvalue weighted by molar-refractivity contribution is -0.141. The van der Waals surface area contributed by atoms with Gasteiger partial charge in [0, 0.05) is 11.1 Å². The first kappa shape index (κ1) is 26.6. The van der Waals surface area contributed by atoms with E-state index in [1.807, 2.05) is 60.7 Å². The summed E-state index contributed by atoms with van der Waals surface area (Å²) < 4.78 is 22.0. The highest BCUT2D eigenvalue weighted by atomic mass is 16.6. The van der Waals surface area contributed by atoms with Gasteiger partial charge in [-0.05, 0) is 55.2 Å². The fourth-order valence-electron chi connectivity index (χ4n) is 5.42. The molecule has 0 aromatic heterocycles. The molecule has 6 heteroatoms. The Morgan fingerprint density at radius 3 is 1.33 bits per heavy atom. The zero-order valence-corrected chi connectivity index (χ0v) is 22.7. The van der Waals surface area contributed by atoms with Crippen molar-refractivity contribution in [3.63, 3.8) is 0 Å². The molecule has 6 rings (SSSR count). The molecule has 206 valence electrons. The molecule has 0 heterocycles. The van der Waals surface area contributed by atoms with Gasteiger partial charge in [-0.25, -0.2) is 9.59 Å². The molecule has 42 heavy (non-hydrogen) atoms. The second kappa shape index (κ2) is 11.5. The zero-order valence-electron chi connectivity index (χ0n) is 22.7. The normalized spacial score (nSPS) is 11.0. The molecular weight excluding hydrogens is 528 g/mol. The Bertz CT molecular complexity index is 1880. The number of rotatable bonds is 9. The van der Waals surface area contributed by atoms with Crippen molar-refractivity contribution in [3.8, 4) is 22.6 Å². The lowest BCUT2D eigenvalue weighted by Gasteiger charge is -2.20. The minimum atomic E-state index is -0.581. The fourth-order valence-corrected chi connectivity index (χ4v) is 5.42. The SMILES string of the molecule is C=COC(=O)COc1ccc2c(ccc3ccccc32)c1-c1c(OCC(=O)OC=C)ccc2c1ccc1ccccc12. The third kappa shape index (κ3) is 4.90. The predicted octanol–water partition coefficient (Wildman–Crippen LogP) is 8.10. The fraction of sp³-hybridized carbons (Fsp3) is 0.0556. The van der Waals surface area contributed by atoms with Gasteiger partial charge in [0.2, 0.25) is 0 Å². The van der Waals surface area contributed by atoms with E-state index in [2.05, 4.69) is 49.6 Å². The number of hydrogen-bond donors (Lipinski definition) is 0. The summed E-state index contributed by atoms with van der Waals surface area (Å²) in [7, 11) is 0. The Balaban J connectivity index is 1.67. The van der Waals surface area contributed by atoms with Gasteiger partial charge in [0.25, 0.3) is 0 Å². The monoisotopic (exact) mass is 554 g/mol. The van der Waals surface area contributed by atoms with E-state index < -0.39 is 11.9 Å². The highest BCUT2D eigenvalue weighted by Crippen LogP contribution is 2.47. The summed E-state index contributed by atoms with van der Waals surface area (Å²) in [4.78, 5) is 24.5. The first-order valence-corrected chi connectivity index (χ1v) is 13.3. The van der Waals surface area contributed by atoms with Crippen LogP contribution in [0, 0.1) is 0 Å². The molecule has 0 atom stereocenters. The van der Waals surface area contributed by atoms with E-state index in [9.17, 15) is 9.59 Å². The maximum atomic E-state index is 12.3. The van der Waals surface area contributed by atoms with Gasteiger partial charge in [-0.1, -0.05) is 98.1 Å². The van der Waals surface area contributed by atoms with Crippen LogP contribution in [0.15, 0.2) is 123 Å². The molecule has 0 bridgehead atoms. The van der Waals surface area contributed by atoms with Gasteiger partial charge in [-0.3, -0.25) is 0 Å². The summed E-state index contributed by atoms with van der Waals surface area (Å²) in [5, 5.41) is 8.09. The molecule has 0 aliphatic heterocycles. The van der Waals surface area contributed by atoms with Crippen molar-refractivity contribution in [1.29, 1.82) is 0 Å². The number of carbonyl (C=O) groups is 2. The lowest BCUT2D eigenvalue weighted by atomic mass is 9.89. The molecule has 0 saturated carbocycles. The predicted molar refractivity (Wildman–Crippen MR) is 165 cm³/mol. The van der Waals surface area contributed by atoms with Crippen LogP contribution in [0.25, 0.3) is 54.2 Å². The molecule has 6 aromatic carbocycles. The van der Waals surface area contributed by atoms with Crippen molar-refractivity contribution in [2.45, 2.75) is 0 Å². The second-order valence-corrected chi connectivity index (χ2v) is 9.53.